The van der Waals surface area contributed by atoms with Crippen molar-refractivity contribution in [3.8, 4) is 17.1 Å². The number of carboxylic acid groups (broad SMARTS) is 1. The number of unbranched alkanes of at least 4 members (excludes halogenated alkanes) is 1. The Balaban J connectivity index is 1.76. The minimum atomic E-state index is -0.765. The van der Waals surface area contributed by atoms with E-state index in [9.17, 15) is 14.7 Å². The number of hydrogen-bond donors (Lipinski definition) is 2. The Morgan fingerprint density at radius 2 is 2.09 bits per heavy atom. The Kier molecular flexibility index (Phi) is 8.02. The predicted octanol–water partition coefficient (Wildman–Crippen LogP) is 3.81. The summed E-state index contributed by atoms with van der Waals surface area (Å²) in [6, 6.07) is 3.59. The van der Waals surface area contributed by atoms with Gasteiger partial charge < -0.3 is 14.6 Å². The minimum absolute atomic E-state index is 0.144. The molecule has 2 aromatic rings. The van der Waals surface area contributed by atoms with Gasteiger partial charge in [-0.2, -0.15) is 0 Å². The van der Waals surface area contributed by atoms with E-state index in [4.69, 9.17) is 9.47 Å². The normalized spacial score (nSPS) is 18.2. The van der Waals surface area contributed by atoms with Gasteiger partial charge in [-0.15, -0.1) is 5.10 Å². The van der Waals surface area contributed by atoms with E-state index in [2.05, 4.69) is 20.6 Å². The fourth-order valence-corrected chi connectivity index (χ4v) is 3.75. The molecule has 10 heteroatoms. The average Bonchev–Trinajstić information content (AvgIpc) is 3.14. The number of carbonyl (C=O) groups excluding carboxylic acids is 1. The molecule has 2 N–H and O–H groups in total. The molecule has 174 valence electrons. The number of pyridine rings is 1. The van der Waals surface area contributed by atoms with Gasteiger partial charge in [0.2, 0.25) is 0 Å². The third kappa shape index (κ3) is 5.74. The lowest BCUT2D eigenvalue weighted by Gasteiger charge is -2.28. The largest absolute Gasteiger partial charge is 0.488 e. The van der Waals surface area contributed by atoms with E-state index in [1.54, 1.807) is 13.1 Å². The highest BCUT2D eigenvalue weighted by molar-refractivity contribution is 5.88. The van der Waals surface area contributed by atoms with E-state index in [1.807, 2.05) is 19.9 Å². The summed E-state index contributed by atoms with van der Waals surface area (Å²) in [4.78, 5) is 28.1. The fourth-order valence-electron chi connectivity index (χ4n) is 3.75. The van der Waals surface area contributed by atoms with Gasteiger partial charge in [0.15, 0.2) is 11.5 Å². The maximum absolute atomic E-state index is 12.1. The van der Waals surface area contributed by atoms with Crippen LogP contribution in [0.5, 0.6) is 5.75 Å². The molecule has 1 saturated carbocycles. The molecule has 0 spiro atoms. The van der Waals surface area contributed by atoms with E-state index >= 15 is 0 Å². The van der Waals surface area contributed by atoms with Gasteiger partial charge in [0.05, 0.1) is 30.0 Å². The van der Waals surface area contributed by atoms with Crippen molar-refractivity contribution in [3.63, 3.8) is 0 Å². The molecule has 1 fully saturated rings. The van der Waals surface area contributed by atoms with Crippen LogP contribution in [-0.2, 0) is 23.0 Å². The number of ether oxygens (including phenoxy) is 2. The van der Waals surface area contributed by atoms with Crippen LogP contribution in [0.15, 0.2) is 12.1 Å². The number of nitrogens with zero attached hydrogens (tertiary/aromatic N) is 4. The summed E-state index contributed by atoms with van der Waals surface area (Å²) in [5.41, 5.74) is 1.73. The van der Waals surface area contributed by atoms with E-state index in [1.165, 1.54) is 4.68 Å². The van der Waals surface area contributed by atoms with Crippen molar-refractivity contribution >= 4 is 17.9 Å². The highest BCUT2D eigenvalue weighted by atomic mass is 16.5. The molecule has 1 aliphatic carbocycles. The quantitative estimate of drug-likeness (QED) is 0.558. The van der Waals surface area contributed by atoms with Gasteiger partial charge in [-0.05, 0) is 50.7 Å². The Morgan fingerprint density at radius 3 is 2.81 bits per heavy atom. The Bertz CT molecular complexity index is 945. The number of aryl methyl sites for hydroxylation is 2. The average molecular weight is 446 g/mol. The molecule has 0 unspecified atom stereocenters. The van der Waals surface area contributed by atoms with Crippen molar-refractivity contribution in [2.75, 3.05) is 11.9 Å². The van der Waals surface area contributed by atoms with Gasteiger partial charge >= 0.3 is 12.1 Å². The molecule has 3 rings (SSSR count). The van der Waals surface area contributed by atoms with Crippen molar-refractivity contribution in [1.29, 1.82) is 0 Å². The molecule has 2 atom stereocenters. The Hall–Kier alpha value is -3.17. The van der Waals surface area contributed by atoms with Crippen molar-refractivity contribution in [1.82, 2.24) is 20.0 Å². The van der Waals surface area contributed by atoms with E-state index in [0.717, 1.165) is 31.4 Å². The lowest BCUT2D eigenvalue weighted by Crippen LogP contribution is -2.29. The first-order chi connectivity index (χ1) is 15.4. The van der Waals surface area contributed by atoms with Crippen LogP contribution >= 0.6 is 0 Å². The Labute approximate surface area is 187 Å². The Morgan fingerprint density at radius 1 is 1.28 bits per heavy atom. The second kappa shape index (κ2) is 10.9. The number of hydrogen-bond acceptors (Lipinski definition) is 7. The van der Waals surface area contributed by atoms with Crippen molar-refractivity contribution in [2.45, 2.75) is 64.9 Å². The van der Waals surface area contributed by atoms with Crippen LogP contribution in [0.25, 0.3) is 11.4 Å². The summed E-state index contributed by atoms with van der Waals surface area (Å²) < 4.78 is 12.8. The van der Waals surface area contributed by atoms with Gasteiger partial charge in [-0.25, -0.2) is 14.5 Å². The number of rotatable bonds is 9. The molecule has 0 saturated heterocycles. The number of aromatic nitrogens is 4. The molecule has 32 heavy (non-hydrogen) atoms. The second-order valence-electron chi connectivity index (χ2n) is 7.96. The smallest absolute Gasteiger partial charge is 0.412 e. The van der Waals surface area contributed by atoms with Crippen molar-refractivity contribution in [2.24, 2.45) is 13.0 Å². The van der Waals surface area contributed by atoms with Crippen LogP contribution in [0, 0.1) is 5.92 Å². The zero-order valence-electron chi connectivity index (χ0n) is 18.8. The molecule has 10 nitrogen and oxygen atoms in total. The van der Waals surface area contributed by atoms with Crippen LogP contribution in [0.3, 0.4) is 0 Å². The first-order valence-electron chi connectivity index (χ1n) is 11.2. The molecule has 1 aliphatic rings. The molecule has 0 aromatic carbocycles. The zero-order chi connectivity index (χ0) is 23.1. The van der Waals surface area contributed by atoms with Crippen LogP contribution in [0.2, 0.25) is 0 Å². The maximum Gasteiger partial charge on any atom is 0.412 e. The summed E-state index contributed by atoms with van der Waals surface area (Å²) in [5.74, 6) is -0.0919. The molecular formula is C22H31N5O5. The summed E-state index contributed by atoms with van der Waals surface area (Å²) in [6.45, 7) is 4.34. The summed E-state index contributed by atoms with van der Waals surface area (Å²) >= 11 is 0. The monoisotopic (exact) mass is 445 g/mol. The van der Waals surface area contributed by atoms with Gasteiger partial charge in [0.25, 0.3) is 0 Å². The van der Waals surface area contributed by atoms with Gasteiger partial charge in [-0.1, -0.05) is 25.5 Å². The maximum atomic E-state index is 12.1. The molecule has 2 aromatic heterocycles. The van der Waals surface area contributed by atoms with E-state index in [0.29, 0.717) is 48.8 Å². The highest BCUT2D eigenvalue weighted by Gasteiger charge is 2.29. The molecule has 0 bridgehead atoms. The molecular weight excluding hydrogens is 414 g/mol. The van der Waals surface area contributed by atoms with E-state index in [-0.39, 0.29) is 12.0 Å². The standard InChI is InChI=1S/C22H31N5O5/c1-4-6-12-31-22(30)24-20-19(25-26-27(20)3)17-10-11-18(16(5-2)23-17)32-15-9-7-8-14(13-15)21(28)29/h10-11,14-15H,4-9,12-13H2,1-3H3,(H,24,30)(H,28,29)/t14-,15-/m0/s1. The van der Waals surface area contributed by atoms with Crippen LogP contribution in [0.4, 0.5) is 10.6 Å². The second-order valence-corrected chi connectivity index (χ2v) is 7.96. The predicted molar refractivity (Wildman–Crippen MR) is 118 cm³/mol. The molecule has 0 radical (unpaired) electrons. The lowest BCUT2D eigenvalue weighted by molar-refractivity contribution is -0.143. The van der Waals surface area contributed by atoms with Crippen LogP contribution in [0.1, 0.15) is 58.1 Å². The number of carboxylic acids is 1. The summed E-state index contributed by atoms with van der Waals surface area (Å²) in [5, 5.41) is 20.2. The molecule has 1 amide bonds. The van der Waals surface area contributed by atoms with Gasteiger partial charge in [0.1, 0.15) is 5.75 Å². The number of nitrogens with one attached hydrogen (secondary N) is 1. The van der Waals surface area contributed by atoms with Crippen molar-refractivity contribution in [3.05, 3.63) is 17.8 Å². The fraction of sp³-hybridized carbons (Fsp3) is 0.591. The van der Waals surface area contributed by atoms with Crippen LogP contribution < -0.4 is 10.1 Å². The van der Waals surface area contributed by atoms with E-state index < -0.39 is 12.1 Å². The first kappa shape index (κ1) is 23.5. The van der Waals surface area contributed by atoms with Gasteiger partial charge in [-0.3, -0.25) is 10.1 Å². The van der Waals surface area contributed by atoms with Gasteiger partial charge in [0, 0.05) is 7.05 Å². The zero-order valence-corrected chi connectivity index (χ0v) is 18.8. The van der Waals surface area contributed by atoms with Crippen molar-refractivity contribution < 1.29 is 24.2 Å². The first-order valence-corrected chi connectivity index (χ1v) is 11.2. The third-order valence-electron chi connectivity index (χ3n) is 5.56. The minimum Gasteiger partial charge on any atom is -0.488 e. The van der Waals surface area contributed by atoms with Crippen LogP contribution in [-0.4, -0.2) is 49.9 Å². The molecule has 0 aliphatic heterocycles. The lowest BCUT2D eigenvalue weighted by atomic mass is 9.87. The number of anilines is 1. The summed E-state index contributed by atoms with van der Waals surface area (Å²) in [7, 11) is 1.68. The highest BCUT2D eigenvalue weighted by Crippen LogP contribution is 2.31. The SMILES string of the molecule is CCCCOC(=O)Nc1c(-c2ccc(O[C@H]3CCC[C@H](C(=O)O)C3)c(CC)n2)nnn1C. The third-order valence-corrected chi connectivity index (χ3v) is 5.56. The number of carbonyl (C=O) groups is 2. The number of amides is 1. The topological polar surface area (TPSA) is 128 Å². The number of aliphatic carboxylic acids is 1. The molecule has 2 heterocycles. The summed E-state index contributed by atoms with van der Waals surface area (Å²) in [6.07, 6.45) is 4.49.